The van der Waals surface area contributed by atoms with Crippen LogP contribution < -0.4 is 0 Å². The van der Waals surface area contributed by atoms with E-state index in [4.69, 9.17) is 11.6 Å². The van der Waals surface area contributed by atoms with E-state index < -0.39 is 0 Å². The lowest BCUT2D eigenvalue weighted by Crippen LogP contribution is -2.38. The Bertz CT molecular complexity index is 214. The van der Waals surface area contributed by atoms with Crippen LogP contribution in [0.1, 0.15) is 32.6 Å². The second-order valence-corrected chi connectivity index (χ2v) is 4.91. The van der Waals surface area contributed by atoms with Crippen molar-refractivity contribution in [1.29, 1.82) is 0 Å². The summed E-state index contributed by atoms with van der Waals surface area (Å²) in [5, 5.41) is 0. The smallest absolute Gasteiger partial charge is 0.143 e. The van der Waals surface area contributed by atoms with E-state index in [1.165, 1.54) is 6.42 Å². The van der Waals surface area contributed by atoms with Crippen molar-refractivity contribution in [3.05, 3.63) is 0 Å². The fourth-order valence-corrected chi connectivity index (χ4v) is 3.09. The molecule has 3 atom stereocenters. The van der Waals surface area contributed by atoms with Crippen LogP contribution in [0.25, 0.3) is 0 Å². The molecule has 2 saturated carbocycles. The molecule has 0 aromatic heterocycles. The van der Waals surface area contributed by atoms with Crippen LogP contribution in [0.4, 0.5) is 0 Å². The van der Waals surface area contributed by atoms with Gasteiger partial charge in [-0.15, -0.1) is 11.6 Å². The van der Waals surface area contributed by atoms with Crippen molar-refractivity contribution in [2.45, 2.75) is 32.6 Å². The monoisotopic (exact) mass is 186 g/mol. The predicted octanol–water partition coefficient (Wildman–Crippen LogP) is 2.62. The summed E-state index contributed by atoms with van der Waals surface area (Å²) < 4.78 is 0. The molecular weight excluding hydrogens is 172 g/mol. The van der Waals surface area contributed by atoms with Gasteiger partial charge in [0, 0.05) is 17.2 Å². The first-order valence-electron chi connectivity index (χ1n) is 4.76. The van der Waals surface area contributed by atoms with Crippen molar-refractivity contribution in [2.24, 2.45) is 17.3 Å². The van der Waals surface area contributed by atoms with Crippen molar-refractivity contribution in [1.82, 2.24) is 0 Å². The van der Waals surface area contributed by atoms with Gasteiger partial charge in [-0.2, -0.15) is 0 Å². The number of Topliss-reactive ketones (excluding diaryl/α,β-unsaturated/α-hetero) is 1. The molecule has 2 aliphatic carbocycles. The minimum atomic E-state index is -0.189. The molecule has 0 spiro atoms. The molecule has 2 fully saturated rings. The van der Waals surface area contributed by atoms with Crippen LogP contribution in [0, 0.1) is 17.3 Å². The largest absolute Gasteiger partial charge is 0.299 e. The maximum absolute atomic E-state index is 11.9. The Morgan fingerprint density at radius 1 is 1.58 bits per heavy atom. The van der Waals surface area contributed by atoms with Gasteiger partial charge in [-0.25, -0.2) is 0 Å². The highest BCUT2D eigenvalue weighted by Gasteiger charge is 2.47. The van der Waals surface area contributed by atoms with Crippen LogP contribution in [-0.4, -0.2) is 11.7 Å². The van der Waals surface area contributed by atoms with Gasteiger partial charge in [0.15, 0.2) is 0 Å². The lowest BCUT2D eigenvalue weighted by molar-refractivity contribution is -0.133. The Morgan fingerprint density at radius 2 is 2.33 bits per heavy atom. The van der Waals surface area contributed by atoms with Gasteiger partial charge in [-0.05, 0) is 31.6 Å². The van der Waals surface area contributed by atoms with Crippen LogP contribution >= 0.6 is 11.6 Å². The third-order valence-electron chi connectivity index (χ3n) is 3.54. The second kappa shape index (κ2) is 2.73. The van der Waals surface area contributed by atoms with Crippen molar-refractivity contribution in [3.63, 3.8) is 0 Å². The van der Waals surface area contributed by atoms with Gasteiger partial charge in [0.1, 0.15) is 5.78 Å². The summed E-state index contributed by atoms with van der Waals surface area (Å²) >= 11 is 5.85. The van der Waals surface area contributed by atoms with Crippen LogP contribution in [0.2, 0.25) is 0 Å². The zero-order valence-corrected chi connectivity index (χ0v) is 8.23. The van der Waals surface area contributed by atoms with E-state index in [2.05, 4.69) is 0 Å². The van der Waals surface area contributed by atoms with Crippen molar-refractivity contribution >= 4 is 17.4 Å². The topological polar surface area (TPSA) is 17.1 Å². The fraction of sp³-hybridized carbons (Fsp3) is 0.900. The Balaban J connectivity index is 2.23. The summed E-state index contributed by atoms with van der Waals surface area (Å²) in [6.07, 6.45) is 4.55. The first-order chi connectivity index (χ1) is 5.65. The number of hydrogen-bond donors (Lipinski definition) is 0. The number of ketones is 1. The third kappa shape index (κ3) is 1.10. The van der Waals surface area contributed by atoms with Gasteiger partial charge >= 0.3 is 0 Å². The van der Waals surface area contributed by atoms with E-state index in [9.17, 15) is 4.79 Å². The maximum atomic E-state index is 11.9. The molecule has 2 aliphatic rings. The number of halogens is 1. The van der Waals surface area contributed by atoms with E-state index in [1.807, 2.05) is 6.92 Å². The van der Waals surface area contributed by atoms with Crippen LogP contribution in [0.3, 0.4) is 0 Å². The SMILES string of the molecule is C[C@]1(CCl)C[C@H]2CC[C@H](C2)C1=O. The Kier molecular flexibility index (Phi) is 1.95. The zero-order valence-electron chi connectivity index (χ0n) is 7.48. The summed E-state index contributed by atoms with van der Waals surface area (Å²) in [4.78, 5) is 11.9. The van der Waals surface area contributed by atoms with Crippen LogP contribution in [-0.2, 0) is 4.79 Å². The average molecular weight is 187 g/mol. The second-order valence-electron chi connectivity index (χ2n) is 4.64. The normalized spacial score (nSPS) is 46.7. The molecule has 0 amide bonds. The Hall–Kier alpha value is -0.0400. The molecule has 2 rings (SSSR count). The number of fused-ring (bicyclic) bond motifs is 2. The number of carbonyl (C=O) groups excluding carboxylic acids is 1. The van der Waals surface area contributed by atoms with Crippen LogP contribution in [0.5, 0.6) is 0 Å². The van der Waals surface area contributed by atoms with E-state index in [1.54, 1.807) is 0 Å². The quantitative estimate of drug-likeness (QED) is 0.576. The molecule has 12 heavy (non-hydrogen) atoms. The summed E-state index contributed by atoms with van der Waals surface area (Å²) in [6, 6.07) is 0. The van der Waals surface area contributed by atoms with E-state index in [0.29, 0.717) is 17.6 Å². The lowest BCUT2D eigenvalue weighted by Gasteiger charge is -2.34. The van der Waals surface area contributed by atoms with E-state index in [-0.39, 0.29) is 5.41 Å². The standard InChI is InChI=1S/C10H15ClO/c1-10(6-11)5-7-2-3-8(4-7)9(10)12/h7-8H,2-6H2,1H3/t7-,8+,10+/m0/s1. The molecule has 0 aromatic rings. The predicted molar refractivity (Wildman–Crippen MR) is 49.3 cm³/mol. The highest BCUT2D eigenvalue weighted by Crippen LogP contribution is 2.48. The first-order valence-corrected chi connectivity index (χ1v) is 5.29. The zero-order chi connectivity index (χ0) is 8.77. The molecule has 0 unspecified atom stereocenters. The third-order valence-corrected chi connectivity index (χ3v) is 4.13. The molecule has 2 bridgehead atoms. The molecule has 0 saturated heterocycles. The number of hydrogen-bond acceptors (Lipinski definition) is 1. The molecule has 0 N–H and O–H groups in total. The minimum Gasteiger partial charge on any atom is -0.299 e. The van der Waals surface area contributed by atoms with Gasteiger partial charge in [0.05, 0.1) is 0 Å². The Morgan fingerprint density at radius 3 is 3.00 bits per heavy atom. The maximum Gasteiger partial charge on any atom is 0.143 e. The molecule has 2 heteroatoms. The summed E-state index contributed by atoms with van der Waals surface area (Å²) in [6.45, 7) is 2.03. The van der Waals surface area contributed by atoms with Gasteiger partial charge in [-0.1, -0.05) is 6.92 Å². The Labute approximate surface area is 78.5 Å². The van der Waals surface area contributed by atoms with Crippen LogP contribution in [0.15, 0.2) is 0 Å². The van der Waals surface area contributed by atoms with Gasteiger partial charge in [0.2, 0.25) is 0 Å². The summed E-state index contributed by atoms with van der Waals surface area (Å²) in [5.74, 6) is 2.09. The van der Waals surface area contributed by atoms with E-state index in [0.717, 1.165) is 25.2 Å². The lowest BCUT2D eigenvalue weighted by atomic mass is 9.70. The minimum absolute atomic E-state index is 0.189. The molecule has 0 heterocycles. The van der Waals surface area contributed by atoms with Crippen molar-refractivity contribution in [3.8, 4) is 0 Å². The number of alkyl halides is 1. The van der Waals surface area contributed by atoms with E-state index >= 15 is 0 Å². The highest BCUT2D eigenvalue weighted by atomic mass is 35.5. The average Bonchev–Trinajstić information content (AvgIpc) is 2.46. The first kappa shape index (κ1) is 8.55. The highest BCUT2D eigenvalue weighted by molar-refractivity contribution is 6.20. The van der Waals surface area contributed by atoms with Gasteiger partial charge in [0.25, 0.3) is 0 Å². The molecule has 0 radical (unpaired) electrons. The number of carbonyl (C=O) groups is 1. The van der Waals surface area contributed by atoms with Gasteiger partial charge < -0.3 is 0 Å². The van der Waals surface area contributed by atoms with Crippen molar-refractivity contribution in [2.75, 3.05) is 5.88 Å². The van der Waals surface area contributed by atoms with Gasteiger partial charge in [-0.3, -0.25) is 4.79 Å². The summed E-state index contributed by atoms with van der Waals surface area (Å²) in [7, 11) is 0. The van der Waals surface area contributed by atoms with Crippen molar-refractivity contribution < 1.29 is 4.79 Å². The molecule has 0 aliphatic heterocycles. The molecule has 1 nitrogen and oxygen atoms in total. The molecule has 68 valence electrons. The molecular formula is C10H15ClO. The molecule has 0 aromatic carbocycles. The summed E-state index contributed by atoms with van der Waals surface area (Å²) in [5.41, 5.74) is -0.189. The fourth-order valence-electron chi connectivity index (χ4n) is 2.85. The number of rotatable bonds is 1.